The molecular formula is C30H21Cl3N6O6. The number of hydrogen-bond donors (Lipinski definition) is 6. The average molecular weight is 668 g/mol. The predicted molar refractivity (Wildman–Crippen MR) is 166 cm³/mol. The SMILES string of the molecule is NNC(=O)c1cccc(C(=O)c2cc(C(=O)c3cccc(C(=O)NN)c3Cl)cc(C(=O)c3cccc(C(=O)NN)c3Cl)c2)c1Cl. The van der Waals surface area contributed by atoms with Crippen molar-refractivity contribution in [3.63, 3.8) is 0 Å². The monoisotopic (exact) mass is 666 g/mol. The van der Waals surface area contributed by atoms with E-state index in [1.165, 1.54) is 72.8 Å². The van der Waals surface area contributed by atoms with Crippen LogP contribution in [0.1, 0.15) is 78.8 Å². The fourth-order valence-corrected chi connectivity index (χ4v) is 5.26. The van der Waals surface area contributed by atoms with Gasteiger partial charge in [-0.25, -0.2) is 17.5 Å². The molecule has 4 aromatic rings. The number of rotatable bonds is 9. The molecule has 9 N–H and O–H groups in total. The van der Waals surface area contributed by atoms with E-state index in [0.29, 0.717) is 0 Å². The van der Waals surface area contributed by atoms with Gasteiger partial charge in [-0.3, -0.25) is 45.0 Å². The number of amides is 3. The van der Waals surface area contributed by atoms with E-state index in [1.54, 1.807) is 0 Å². The third-order valence-electron chi connectivity index (χ3n) is 6.58. The van der Waals surface area contributed by atoms with Crippen LogP contribution in [0.25, 0.3) is 0 Å². The maximum Gasteiger partial charge on any atom is 0.266 e. The molecule has 0 unspecified atom stereocenters. The summed E-state index contributed by atoms with van der Waals surface area (Å²) >= 11 is 19.2. The molecule has 0 atom stereocenters. The largest absolute Gasteiger partial charge is 0.290 e. The highest BCUT2D eigenvalue weighted by Crippen LogP contribution is 2.30. The highest BCUT2D eigenvalue weighted by atomic mass is 35.5. The quantitative estimate of drug-likeness (QED) is 0.0668. The van der Waals surface area contributed by atoms with Crippen LogP contribution in [0, 0.1) is 0 Å². The first-order valence-corrected chi connectivity index (χ1v) is 13.8. The molecular weight excluding hydrogens is 647 g/mol. The van der Waals surface area contributed by atoms with Gasteiger partial charge in [0.2, 0.25) is 0 Å². The number of nitrogens with one attached hydrogen (secondary N) is 3. The summed E-state index contributed by atoms with van der Waals surface area (Å²) in [7, 11) is 0. The molecule has 0 fully saturated rings. The van der Waals surface area contributed by atoms with Crippen molar-refractivity contribution >= 4 is 69.9 Å². The van der Waals surface area contributed by atoms with Gasteiger partial charge in [0.15, 0.2) is 17.3 Å². The van der Waals surface area contributed by atoms with E-state index in [1.807, 2.05) is 16.3 Å². The second kappa shape index (κ2) is 13.8. The highest BCUT2D eigenvalue weighted by molar-refractivity contribution is 6.40. The van der Waals surface area contributed by atoms with Crippen LogP contribution in [0.15, 0.2) is 72.8 Å². The topological polar surface area (TPSA) is 217 Å². The van der Waals surface area contributed by atoms with Crippen molar-refractivity contribution < 1.29 is 28.8 Å². The summed E-state index contributed by atoms with van der Waals surface area (Å²) in [6.07, 6.45) is 0. The third kappa shape index (κ3) is 6.47. The molecule has 0 saturated carbocycles. The fourth-order valence-electron chi connectivity index (χ4n) is 4.37. The van der Waals surface area contributed by atoms with E-state index in [2.05, 4.69) is 0 Å². The maximum atomic E-state index is 13.8. The molecule has 0 heterocycles. The smallest absolute Gasteiger partial charge is 0.266 e. The van der Waals surface area contributed by atoms with E-state index in [9.17, 15) is 28.8 Å². The zero-order chi connectivity index (χ0) is 33.0. The van der Waals surface area contributed by atoms with Crippen molar-refractivity contribution in [1.29, 1.82) is 0 Å². The lowest BCUT2D eigenvalue weighted by molar-refractivity contribution is 0.0945. The minimum atomic E-state index is -0.764. The van der Waals surface area contributed by atoms with E-state index in [0.717, 1.165) is 0 Å². The number of benzene rings is 4. The van der Waals surface area contributed by atoms with Gasteiger partial charge in [0.05, 0.1) is 31.8 Å². The van der Waals surface area contributed by atoms with Crippen molar-refractivity contribution in [3.8, 4) is 0 Å². The molecule has 228 valence electrons. The van der Waals surface area contributed by atoms with Gasteiger partial charge in [-0.15, -0.1) is 0 Å². The van der Waals surface area contributed by atoms with Crippen LogP contribution in [-0.2, 0) is 0 Å². The second-order valence-electron chi connectivity index (χ2n) is 9.21. The Kier molecular flexibility index (Phi) is 10.1. The molecule has 0 aromatic heterocycles. The number of hydrazine groups is 3. The highest BCUT2D eigenvalue weighted by Gasteiger charge is 2.26. The first-order chi connectivity index (χ1) is 21.4. The first-order valence-electron chi connectivity index (χ1n) is 12.6. The van der Waals surface area contributed by atoms with E-state index >= 15 is 0 Å². The molecule has 0 radical (unpaired) electrons. The van der Waals surface area contributed by atoms with Crippen molar-refractivity contribution in [1.82, 2.24) is 16.3 Å². The molecule has 0 aliphatic rings. The molecule has 0 spiro atoms. The summed E-state index contributed by atoms with van der Waals surface area (Å²) < 4.78 is 0. The van der Waals surface area contributed by atoms with E-state index in [-0.39, 0.29) is 65.1 Å². The molecule has 3 amide bonds. The Morgan fingerprint density at radius 3 is 0.867 bits per heavy atom. The molecule has 0 bridgehead atoms. The molecule has 4 aromatic carbocycles. The van der Waals surface area contributed by atoms with Crippen LogP contribution in [0.4, 0.5) is 0 Å². The Morgan fingerprint density at radius 1 is 0.422 bits per heavy atom. The van der Waals surface area contributed by atoms with Gasteiger partial charge in [0, 0.05) is 33.4 Å². The summed E-state index contributed by atoms with van der Waals surface area (Å²) in [5.74, 6) is 11.1. The zero-order valence-electron chi connectivity index (χ0n) is 22.7. The molecule has 4 rings (SSSR count). The molecule has 45 heavy (non-hydrogen) atoms. The number of ketones is 3. The summed E-state index contributed by atoms with van der Waals surface area (Å²) in [6, 6.07) is 15.8. The van der Waals surface area contributed by atoms with Crippen molar-refractivity contribution in [2.24, 2.45) is 17.5 Å². The first kappa shape index (κ1) is 33.0. The number of nitrogens with two attached hydrogens (primary N) is 3. The standard InChI is InChI=1S/C30H21Cl3N6O6/c31-22-16(4-1-7-19(22)28(43)37-34)25(40)13-10-14(26(41)17-5-2-8-20(23(17)32)29(44)38-35)12-15(11-13)27(42)18-6-3-9-21(24(18)33)30(45)39-36/h1-12H,34-36H2,(H,37,43)(H,38,44)(H,39,45). The number of halogens is 3. The minimum Gasteiger partial charge on any atom is -0.290 e. The van der Waals surface area contributed by atoms with Crippen LogP contribution < -0.4 is 33.8 Å². The maximum absolute atomic E-state index is 13.8. The Morgan fingerprint density at radius 2 is 0.644 bits per heavy atom. The summed E-state index contributed by atoms with van der Waals surface area (Å²) in [5.41, 5.74) is 4.53. The lowest BCUT2D eigenvalue weighted by Gasteiger charge is -2.13. The minimum absolute atomic E-state index is 0.0999. The van der Waals surface area contributed by atoms with Crippen LogP contribution in [-0.4, -0.2) is 35.1 Å². The van der Waals surface area contributed by atoms with Crippen LogP contribution in [0.2, 0.25) is 15.1 Å². The van der Waals surface area contributed by atoms with Gasteiger partial charge in [0.1, 0.15) is 0 Å². The Balaban J connectivity index is 1.93. The number of carbonyl (C=O) groups excluding carboxylic acids is 6. The van der Waals surface area contributed by atoms with Gasteiger partial charge in [-0.05, 0) is 54.6 Å². The molecule has 0 aliphatic carbocycles. The van der Waals surface area contributed by atoms with Crippen LogP contribution >= 0.6 is 34.8 Å². The van der Waals surface area contributed by atoms with Crippen LogP contribution in [0.3, 0.4) is 0 Å². The number of hydrogen-bond acceptors (Lipinski definition) is 9. The second-order valence-corrected chi connectivity index (χ2v) is 10.3. The lowest BCUT2D eigenvalue weighted by Crippen LogP contribution is -2.30. The third-order valence-corrected chi connectivity index (χ3v) is 7.80. The van der Waals surface area contributed by atoms with Crippen LogP contribution in [0.5, 0.6) is 0 Å². The van der Waals surface area contributed by atoms with Gasteiger partial charge in [-0.1, -0.05) is 53.0 Å². The molecule has 12 nitrogen and oxygen atoms in total. The van der Waals surface area contributed by atoms with Gasteiger partial charge in [-0.2, -0.15) is 0 Å². The van der Waals surface area contributed by atoms with Gasteiger partial charge in [0.25, 0.3) is 17.7 Å². The van der Waals surface area contributed by atoms with Crippen molar-refractivity contribution in [2.75, 3.05) is 0 Å². The Labute approximate surface area is 269 Å². The molecule has 0 aliphatic heterocycles. The molecule has 15 heteroatoms. The Bertz CT molecular complexity index is 1700. The lowest BCUT2D eigenvalue weighted by atomic mass is 9.91. The zero-order valence-corrected chi connectivity index (χ0v) is 25.0. The normalized spacial score (nSPS) is 10.5. The average Bonchev–Trinajstić information content (AvgIpc) is 3.06. The molecule has 0 saturated heterocycles. The van der Waals surface area contributed by atoms with E-state index < -0.39 is 35.1 Å². The summed E-state index contributed by atoms with van der Waals surface area (Å²) in [5, 5.41) is -0.702. The predicted octanol–water partition coefficient (Wildman–Crippen LogP) is 3.15. The number of nitrogen functional groups attached to an aromatic ring is 3. The van der Waals surface area contributed by atoms with Crippen molar-refractivity contribution in [3.05, 3.63) is 138 Å². The van der Waals surface area contributed by atoms with Crippen molar-refractivity contribution in [2.45, 2.75) is 0 Å². The van der Waals surface area contributed by atoms with Gasteiger partial charge >= 0.3 is 0 Å². The summed E-state index contributed by atoms with van der Waals surface area (Å²) in [6.45, 7) is 0. The van der Waals surface area contributed by atoms with E-state index in [4.69, 9.17) is 52.3 Å². The summed E-state index contributed by atoms with van der Waals surface area (Å²) in [4.78, 5) is 77.9. The Hall–Kier alpha value is -4.95. The number of carbonyl (C=O) groups is 6. The van der Waals surface area contributed by atoms with Gasteiger partial charge < -0.3 is 0 Å². The fraction of sp³-hybridized carbons (Fsp3) is 0.